The fourth-order valence-electron chi connectivity index (χ4n) is 3.17. The minimum Gasteiger partial charge on any atom is -0.466 e. The van der Waals surface area contributed by atoms with E-state index in [-0.39, 0.29) is 23.5 Å². The van der Waals surface area contributed by atoms with E-state index in [1.807, 2.05) is 44.2 Å². The maximum absolute atomic E-state index is 12.8. The number of benzene rings is 1. The molecule has 5 nitrogen and oxygen atoms in total. The standard InChI is InChI=1S/C22H27NO4/c1-15-12-13-17(14-16(15)2)23-22(26)19-9-5-4-8-18(19)20(24)10-6-7-11-21(25)27-3/h4-5,7,11-14,18-19H,6,8-10H2,1-3H3,(H,23,26)/b11-7+. The van der Waals surface area contributed by atoms with Crippen LogP contribution < -0.4 is 5.32 Å². The minimum atomic E-state index is -0.436. The van der Waals surface area contributed by atoms with E-state index in [9.17, 15) is 14.4 Å². The van der Waals surface area contributed by atoms with Crippen LogP contribution in [-0.2, 0) is 19.1 Å². The lowest BCUT2D eigenvalue weighted by Gasteiger charge is -2.26. The number of hydrogen-bond donors (Lipinski definition) is 1. The Bertz CT molecular complexity index is 764. The average Bonchev–Trinajstić information content (AvgIpc) is 2.67. The van der Waals surface area contributed by atoms with Crippen LogP contribution in [0.3, 0.4) is 0 Å². The maximum Gasteiger partial charge on any atom is 0.330 e. The van der Waals surface area contributed by atoms with Crippen molar-refractivity contribution in [3.63, 3.8) is 0 Å². The summed E-state index contributed by atoms with van der Waals surface area (Å²) in [5.74, 6) is -1.20. The number of amides is 1. The molecule has 2 unspecified atom stereocenters. The summed E-state index contributed by atoms with van der Waals surface area (Å²) in [4.78, 5) is 36.4. The van der Waals surface area contributed by atoms with E-state index in [4.69, 9.17) is 0 Å². The van der Waals surface area contributed by atoms with E-state index < -0.39 is 5.97 Å². The van der Waals surface area contributed by atoms with Gasteiger partial charge in [-0.25, -0.2) is 4.79 Å². The van der Waals surface area contributed by atoms with Crippen LogP contribution in [0.2, 0.25) is 0 Å². The molecule has 27 heavy (non-hydrogen) atoms. The predicted molar refractivity (Wildman–Crippen MR) is 105 cm³/mol. The van der Waals surface area contributed by atoms with Crippen molar-refractivity contribution in [2.24, 2.45) is 11.8 Å². The van der Waals surface area contributed by atoms with Gasteiger partial charge in [0.1, 0.15) is 5.78 Å². The summed E-state index contributed by atoms with van der Waals surface area (Å²) in [6, 6.07) is 5.80. The topological polar surface area (TPSA) is 72.5 Å². The van der Waals surface area contributed by atoms with Crippen LogP contribution in [0.1, 0.15) is 36.8 Å². The number of anilines is 1. The van der Waals surface area contributed by atoms with Gasteiger partial charge >= 0.3 is 5.97 Å². The second kappa shape index (κ2) is 9.86. The monoisotopic (exact) mass is 369 g/mol. The summed E-state index contributed by atoms with van der Waals surface area (Å²) >= 11 is 0. The first-order chi connectivity index (χ1) is 12.9. The van der Waals surface area contributed by atoms with Crippen molar-refractivity contribution in [2.75, 3.05) is 12.4 Å². The highest BCUT2D eigenvalue weighted by atomic mass is 16.5. The molecule has 0 saturated carbocycles. The summed E-state index contributed by atoms with van der Waals surface area (Å²) in [6.45, 7) is 4.03. The van der Waals surface area contributed by atoms with E-state index in [1.165, 1.54) is 18.7 Å². The minimum absolute atomic E-state index is 0.0501. The number of ether oxygens (including phenoxy) is 1. The second-order valence-corrected chi connectivity index (χ2v) is 6.87. The largest absolute Gasteiger partial charge is 0.466 e. The lowest BCUT2D eigenvalue weighted by molar-refractivity contribution is -0.134. The summed E-state index contributed by atoms with van der Waals surface area (Å²) in [6.07, 6.45) is 8.78. The lowest BCUT2D eigenvalue weighted by Crippen LogP contribution is -2.34. The molecule has 0 bridgehead atoms. The Morgan fingerprint density at radius 1 is 1.11 bits per heavy atom. The Morgan fingerprint density at radius 3 is 2.48 bits per heavy atom. The van der Waals surface area contributed by atoms with Gasteiger partial charge in [-0.1, -0.05) is 24.3 Å². The normalized spacial score (nSPS) is 19.1. The number of carbonyl (C=O) groups excluding carboxylic acids is 3. The first-order valence-electron chi connectivity index (χ1n) is 9.22. The second-order valence-electron chi connectivity index (χ2n) is 6.87. The van der Waals surface area contributed by atoms with Crippen molar-refractivity contribution in [3.8, 4) is 0 Å². The molecule has 1 N–H and O–H groups in total. The average molecular weight is 369 g/mol. The molecular weight excluding hydrogens is 342 g/mol. The van der Waals surface area contributed by atoms with E-state index in [0.717, 1.165) is 11.3 Å². The molecule has 0 radical (unpaired) electrons. The molecule has 0 fully saturated rings. The number of allylic oxidation sites excluding steroid dienone is 3. The number of aryl methyl sites for hydroxylation is 2. The zero-order valence-electron chi connectivity index (χ0n) is 16.2. The molecule has 144 valence electrons. The van der Waals surface area contributed by atoms with Gasteiger partial charge in [-0.15, -0.1) is 0 Å². The summed E-state index contributed by atoms with van der Waals surface area (Å²) in [5, 5.41) is 2.95. The number of methoxy groups -OCH3 is 1. The fourth-order valence-corrected chi connectivity index (χ4v) is 3.17. The SMILES string of the molecule is COC(=O)/C=C/CCC(=O)C1CC=CCC1C(=O)Nc1ccc(C)c(C)c1. The van der Waals surface area contributed by atoms with E-state index in [2.05, 4.69) is 10.1 Å². The molecule has 2 rings (SSSR count). The third-order valence-corrected chi connectivity index (χ3v) is 4.97. The molecule has 5 heteroatoms. The van der Waals surface area contributed by atoms with Gasteiger partial charge in [0.2, 0.25) is 5.91 Å². The fraction of sp³-hybridized carbons (Fsp3) is 0.409. The van der Waals surface area contributed by atoms with E-state index in [1.54, 1.807) is 6.08 Å². The van der Waals surface area contributed by atoms with Gasteiger partial charge in [-0.2, -0.15) is 0 Å². The van der Waals surface area contributed by atoms with Crippen molar-refractivity contribution in [1.29, 1.82) is 0 Å². The van der Waals surface area contributed by atoms with Gasteiger partial charge < -0.3 is 10.1 Å². The van der Waals surface area contributed by atoms with Crippen molar-refractivity contribution in [3.05, 3.63) is 53.6 Å². The van der Waals surface area contributed by atoms with Gasteiger partial charge in [-0.05, 0) is 56.4 Å². The third-order valence-electron chi connectivity index (χ3n) is 4.97. The Labute approximate surface area is 160 Å². The third kappa shape index (κ3) is 5.91. The lowest BCUT2D eigenvalue weighted by atomic mass is 9.78. The van der Waals surface area contributed by atoms with Crippen LogP contribution in [0.15, 0.2) is 42.5 Å². The van der Waals surface area contributed by atoms with Crippen molar-refractivity contribution in [1.82, 2.24) is 0 Å². The molecule has 0 heterocycles. The number of nitrogens with one attached hydrogen (secondary N) is 1. The molecule has 0 spiro atoms. The van der Waals surface area contributed by atoms with Gasteiger partial charge in [0.15, 0.2) is 0 Å². The summed E-state index contributed by atoms with van der Waals surface area (Å²) < 4.78 is 4.52. The molecule has 1 aromatic rings. The van der Waals surface area contributed by atoms with Gasteiger partial charge in [0, 0.05) is 24.1 Å². The van der Waals surface area contributed by atoms with Crippen LogP contribution >= 0.6 is 0 Å². The zero-order valence-corrected chi connectivity index (χ0v) is 16.2. The Morgan fingerprint density at radius 2 is 1.81 bits per heavy atom. The van der Waals surface area contributed by atoms with Crippen molar-refractivity contribution < 1.29 is 19.1 Å². The Hall–Kier alpha value is -2.69. The van der Waals surface area contributed by atoms with E-state index in [0.29, 0.717) is 25.7 Å². The van der Waals surface area contributed by atoms with Crippen molar-refractivity contribution in [2.45, 2.75) is 39.5 Å². The number of Topliss-reactive ketones (excluding diaryl/α,β-unsaturated/α-hetero) is 1. The number of ketones is 1. The molecule has 1 aliphatic rings. The van der Waals surface area contributed by atoms with Crippen LogP contribution in [0.5, 0.6) is 0 Å². The molecule has 0 saturated heterocycles. The molecule has 0 aliphatic heterocycles. The highest BCUT2D eigenvalue weighted by molar-refractivity contribution is 5.97. The quantitative estimate of drug-likeness (QED) is 0.449. The highest BCUT2D eigenvalue weighted by Crippen LogP contribution is 2.29. The number of esters is 1. The molecule has 2 atom stereocenters. The van der Waals surface area contributed by atoms with Crippen molar-refractivity contribution >= 4 is 23.3 Å². The number of rotatable bonds is 7. The zero-order chi connectivity index (χ0) is 19.8. The molecular formula is C22H27NO4. The van der Waals surface area contributed by atoms with Gasteiger partial charge in [0.05, 0.1) is 13.0 Å². The van der Waals surface area contributed by atoms with E-state index >= 15 is 0 Å². The predicted octanol–water partition coefficient (Wildman–Crippen LogP) is 3.90. The highest BCUT2D eigenvalue weighted by Gasteiger charge is 2.33. The smallest absolute Gasteiger partial charge is 0.330 e. The molecule has 0 aromatic heterocycles. The molecule has 1 aliphatic carbocycles. The molecule has 1 aromatic carbocycles. The maximum atomic E-state index is 12.8. The first kappa shape index (κ1) is 20.6. The summed E-state index contributed by atoms with van der Waals surface area (Å²) in [7, 11) is 1.31. The Kier molecular flexibility index (Phi) is 7.53. The van der Waals surface area contributed by atoms with Crippen LogP contribution in [-0.4, -0.2) is 24.8 Å². The van der Waals surface area contributed by atoms with Crippen LogP contribution in [0.25, 0.3) is 0 Å². The summed E-state index contributed by atoms with van der Waals surface area (Å²) in [5.41, 5.74) is 3.04. The van der Waals surface area contributed by atoms with Crippen LogP contribution in [0, 0.1) is 25.7 Å². The first-order valence-corrected chi connectivity index (χ1v) is 9.22. The van der Waals surface area contributed by atoms with Gasteiger partial charge in [0.25, 0.3) is 0 Å². The number of hydrogen-bond acceptors (Lipinski definition) is 4. The molecule has 1 amide bonds. The van der Waals surface area contributed by atoms with Crippen LogP contribution in [0.4, 0.5) is 5.69 Å². The Balaban J connectivity index is 1.98. The number of carbonyl (C=O) groups is 3. The van der Waals surface area contributed by atoms with Gasteiger partial charge in [-0.3, -0.25) is 9.59 Å².